The number of unbranched alkanes of at least 4 members (excludes halogenated alkanes) is 1. The van der Waals surface area contributed by atoms with Crippen molar-refractivity contribution in [2.75, 3.05) is 5.75 Å². The first kappa shape index (κ1) is 17.5. The predicted octanol–water partition coefficient (Wildman–Crippen LogP) is 2.23. The van der Waals surface area contributed by atoms with Gasteiger partial charge in [0.05, 0.1) is 17.0 Å². The number of nitrogens with one attached hydrogen (secondary N) is 2. The molecule has 0 spiro atoms. The molecule has 0 saturated carbocycles. The average Bonchev–Trinajstić information content (AvgIpc) is 3.11. The summed E-state index contributed by atoms with van der Waals surface area (Å²) in [5.74, 6) is 0.891. The van der Waals surface area contributed by atoms with Crippen LogP contribution in [0, 0.1) is 10.1 Å². The number of thioether (sulfide) groups is 1. The number of carbonyl (C=O) groups is 2. The van der Waals surface area contributed by atoms with Crippen LogP contribution >= 0.6 is 11.8 Å². The molecular weight excluding hydrogens is 346 g/mol. The van der Waals surface area contributed by atoms with E-state index in [1.54, 1.807) is 0 Å². The lowest BCUT2D eigenvalue weighted by atomic mass is 10.0. The van der Waals surface area contributed by atoms with Gasteiger partial charge < -0.3 is 15.4 Å². The van der Waals surface area contributed by atoms with Crippen LogP contribution < -0.4 is 15.4 Å². The zero-order valence-electron chi connectivity index (χ0n) is 13.5. The van der Waals surface area contributed by atoms with Crippen LogP contribution in [0.2, 0.25) is 0 Å². The van der Waals surface area contributed by atoms with Crippen molar-refractivity contribution >= 4 is 29.4 Å². The van der Waals surface area contributed by atoms with Crippen LogP contribution in [0.1, 0.15) is 25.7 Å². The fourth-order valence-electron chi connectivity index (χ4n) is 3.08. The minimum absolute atomic E-state index is 0.0411. The Labute approximate surface area is 148 Å². The average molecular weight is 365 g/mol. The molecule has 1 aromatic carbocycles. The summed E-state index contributed by atoms with van der Waals surface area (Å²) in [6.45, 7) is 0. The number of hydrogen-bond donors (Lipinski definition) is 2. The van der Waals surface area contributed by atoms with Crippen LogP contribution in [0.25, 0.3) is 0 Å². The summed E-state index contributed by atoms with van der Waals surface area (Å²) < 4.78 is 5.17. The predicted molar refractivity (Wildman–Crippen MR) is 92.7 cm³/mol. The Morgan fingerprint density at radius 3 is 2.76 bits per heavy atom. The van der Waals surface area contributed by atoms with Crippen LogP contribution in [-0.2, 0) is 4.79 Å². The molecule has 25 heavy (non-hydrogen) atoms. The van der Waals surface area contributed by atoms with Crippen molar-refractivity contribution in [3.8, 4) is 5.75 Å². The molecule has 2 saturated heterocycles. The van der Waals surface area contributed by atoms with Gasteiger partial charge in [-0.2, -0.15) is 11.8 Å². The molecule has 3 atom stereocenters. The number of fused-ring (bicyclic) bond motifs is 1. The van der Waals surface area contributed by atoms with Crippen molar-refractivity contribution < 1.29 is 19.2 Å². The lowest BCUT2D eigenvalue weighted by Crippen LogP contribution is -2.36. The molecule has 2 fully saturated rings. The van der Waals surface area contributed by atoms with Crippen molar-refractivity contribution in [3.63, 3.8) is 0 Å². The van der Waals surface area contributed by atoms with Crippen LogP contribution in [0.5, 0.6) is 5.75 Å². The number of hydrogen-bond acceptors (Lipinski definition) is 6. The first-order chi connectivity index (χ1) is 12.0. The van der Waals surface area contributed by atoms with Gasteiger partial charge in [0.2, 0.25) is 0 Å². The number of rotatable bonds is 7. The van der Waals surface area contributed by atoms with Gasteiger partial charge in [-0.15, -0.1) is 0 Å². The van der Waals surface area contributed by atoms with Crippen molar-refractivity contribution in [1.82, 2.24) is 10.6 Å². The number of carbonyl (C=O) groups excluding carboxylic acids is 2. The molecule has 1 unspecified atom stereocenters. The van der Waals surface area contributed by atoms with Gasteiger partial charge in [0, 0.05) is 29.6 Å². The van der Waals surface area contributed by atoms with Gasteiger partial charge in [0.15, 0.2) is 0 Å². The van der Waals surface area contributed by atoms with Crippen molar-refractivity contribution in [1.29, 1.82) is 0 Å². The number of nitro benzene ring substituents is 1. The standard InChI is InChI=1S/C16H19N3O5S/c20-14(24-11-7-5-10(6-8-11)19(22)23)4-2-1-3-13-15-12(9-25-13)17-16(21)18-15/h5-8,12-13,15H,1-4,9H2,(H2,17,18,21)/t12-,13?,15-/m0/s1. The number of nitrogens with zero attached hydrogens (tertiary/aromatic N) is 1. The lowest BCUT2D eigenvalue weighted by molar-refractivity contribution is -0.384. The second kappa shape index (κ2) is 7.73. The summed E-state index contributed by atoms with van der Waals surface area (Å²) in [6, 6.07) is 5.76. The number of ether oxygens (including phenoxy) is 1. The Balaban J connectivity index is 1.35. The van der Waals surface area contributed by atoms with Gasteiger partial charge in [-0.05, 0) is 25.0 Å². The number of esters is 1. The minimum atomic E-state index is -0.501. The molecule has 2 N–H and O–H groups in total. The normalized spacial score (nSPS) is 24.3. The van der Waals surface area contributed by atoms with Gasteiger partial charge in [-0.25, -0.2) is 4.79 Å². The third kappa shape index (κ3) is 4.41. The Kier molecular flexibility index (Phi) is 5.42. The third-order valence-corrected chi connectivity index (χ3v) is 5.85. The SMILES string of the molecule is O=C1N[C@H]2CSC(CCCCC(=O)Oc3ccc([N+](=O)[O-])cc3)[C@H]2N1. The number of benzene rings is 1. The van der Waals surface area contributed by atoms with Crippen LogP contribution in [0.3, 0.4) is 0 Å². The van der Waals surface area contributed by atoms with Crippen LogP contribution in [0.4, 0.5) is 10.5 Å². The maximum atomic E-state index is 11.8. The smallest absolute Gasteiger partial charge is 0.315 e. The van der Waals surface area contributed by atoms with Crippen molar-refractivity contribution in [2.24, 2.45) is 0 Å². The first-order valence-electron chi connectivity index (χ1n) is 8.17. The van der Waals surface area contributed by atoms with E-state index in [1.165, 1.54) is 24.3 Å². The molecule has 0 aliphatic carbocycles. The summed E-state index contributed by atoms with van der Waals surface area (Å²) in [7, 11) is 0. The molecule has 134 valence electrons. The van der Waals surface area contributed by atoms with E-state index >= 15 is 0 Å². The molecule has 2 aliphatic heterocycles. The van der Waals surface area contributed by atoms with Gasteiger partial charge in [-0.3, -0.25) is 14.9 Å². The topological polar surface area (TPSA) is 111 Å². The van der Waals surface area contributed by atoms with E-state index in [9.17, 15) is 19.7 Å². The zero-order chi connectivity index (χ0) is 17.8. The minimum Gasteiger partial charge on any atom is -0.427 e. The zero-order valence-corrected chi connectivity index (χ0v) is 14.3. The summed E-state index contributed by atoms with van der Waals surface area (Å²) in [6.07, 6.45) is 2.83. The molecular formula is C16H19N3O5S. The monoisotopic (exact) mass is 365 g/mol. The molecule has 0 bridgehead atoms. The van der Waals surface area contributed by atoms with Crippen LogP contribution in [-0.4, -0.2) is 40.0 Å². The van der Waals surface area contributed by atoms with Gasteiger partial charge >= 0.3 is 12.0 Å². The Morgan fingerprint density at radius 1 is 1.28 bits per heavy atom. The first-order valence-corrected chi connectivity index (χ1v) is 9.21. The van der Waals surface area contributed by atoms with E-state index in [4.69, 9.17) is 4.74 Å². The van der Waals surface area contributed by atoms with Gasteiger partial charge in [0.1, 0.15) is 5.75 Å². The second-order valence-electron chi connectivity index (χ2n) is 6.09. The van der Waals surface area contributed by atoms with E-state index < -0.39 is 4.92 Å². The summed E-state index contributed by atoms with van der Waals surface area (Å²) in [5, 5.41) is 16.8. The second-order valence-corrected chi connectivity index (χ2v) is 7.36. The van der Waals surface area contributed by atoms with Crippen molar-refractivity contribution in [2.45, 2.75) is 43.0 Å². The maximum absolute atomic E-state index is 11.8. The summed E-state index contributed by atoms with van der Waals surface area (Å²) in [5.41, 5.74) is -0.0411. The number of urea groups is 1. The van der Waals surface area contributed by atoms with E-state index in [0.717, 1.165) is 18.6 Å². The maximum Gasteiger partial charge on any atom is 0.315 e. The Hall–Kier alpha value is -2.29. The van der Waals surface area contributed by atoms with Crippen LogP contribution in [0.15, 0.2) is 24.3 Å². The summed E-state index contributed by atoms with van der Waals surface area (Å²) in [4.78, 5) is 33.2. The molecule has 0 radical (unpaired) electrons. The summed E-state index contributed by atoms with van der Waals surface area (Å²) >= 11 is 1.85. The third-order valence-electron chi connectivity index (χ3n) is 4.34. The quantitative estimate of drug-likeness (QED) is 0.191. The molecule has 2 heterocycles. The van der Waals surface area contributed by atoms with Crippen molar-refractivity contribution in [3.05, 3.63) is 34.4 Å². The number of amides is 2. The fraction of sp³-hybridized carbons (Fsp3) is 0.500. The molecule has 0 aromatic heterocycles. The van der Waals surface area contributed by atoms with E-state index in [1.807, 2.05) is 11.8 Å². The highest BCUT2D eigenvalue weighted by Gasteiger charge is 2.42. The molecule has 8 nitrogen and oxygen atoms in total. The Bertz CT molecular complexity index is 666. The molecule has 3 rings (SSSR count). The fourth-order valence-corrected chi connectivity index (χ4v) is 4.62. The molecule has 2 aliphatic rings. The van der Waals surface area contributed by atoms with E-state index in [0.29, 0.717) is 23.8 Å². The largest absolute Gasteiger partial charge is 0.427 e. The lowest BCUT2D eigenvalue weighted by Gasteiger charge is -2.16. The van der Waals surface area contributed by atoms with Gasteiger partial charge in [0.25, 0.3) is 5.69 Å². The highest BCUT2D eigenvalue weighted by atomic mass is 32.2. The van der Waals surface area contributed by atoms with Gasteiger partial charge in [-0.1, -0.05) is 6.42 Å². The molecule has 2 amide bonds. The highest BCUT2D eigenvalue weighted by Crippen LogP contribution is 2.33. The molecule has 1 aromatic rings. The van der Waals surface area contributed by atoms with E-state index in [-0.39, 0.29) is 29.8 Å². The highest BCUT2D eigenvalue weighted by molar-refractivity contribution is 8.00. The Morgan fingerprint density at radius 2 is 2.04 bits per heavy atom. The van der Waals surface area contributed by atoms with E-state index in [2.05, 4.69) is 10.6 Å². The molecule has 9 heteroatoms. The number of nitro groups is 1. The number of non-ortho nitro benzene ring substituents is 1.